The maximum atomic E-state index is 12.3. The van der Waals surface area contributed by atoms with Gasteiger partial charge in [0, 0.05) is 24.9 Å². The van der Waals surface area contributed by atoms with E-state index in [2.05, 4.69) is 10.0 Å². The fraction of sp³-hybridized carbons (Fsp3) is 0.533. The Hall–Kier alpha value is -1.64. The molecular formula is C15H20N2O5S. The molecule has 1 aliphatic heterocycles. The third-order valence-electron chi connectivity index (χ3n) is 3.99. The molecule has 1 aromatic rings. The topological polar surface area (TPSA) is 105 Å². The van der Waals surface area contributed by atoms with Crippen LogP contribution in [-0.2, 0) is 14.8 Å². The van der Waals surface area contributed by atoms with E-state index in [1.165, 1.54) is 18.2 Å². The molecular weight excluding hydrogens is 320 g/mol. The van der Waals surface area contributed by atoms with Gasteiger partial charge in [0.2, 0.25) is 10.0 Å². The summed E-state index contributed by atoms with van der Waals surface area (Å²) < 4.78 is 32.5. The van der Waals surface area contributed by atoms with Gasteiger partial charge < -0.3 is 15.2 Å². The molecule has 23 heavy (non-hydrogen) atoms. The zero-order chi connectivity index (χ0) is 16.4. The first kappa shape index (κ1) is 16.2. The Morgan fingerprint density at radius 3 is 2.70 bits per heavy atom. The van der Waals surface area contributed by atoms with E-state index in [0.29, 0.717) is 12.3 Å². The standard InChI is InChI=1S/C15H20N2O5S/c18-15(19)13-8-12(5-6-14(13)17-10-3-4-10)23(20,21)16-9-11-2-1-7-22-11/h5-6,8,10-11,16-17H,1-4,7,9H2,(H,18,19). The number of rotatable bonds is 7. The summed E-state index contributed by atoms with van der Waals surface area (Å²) in [6.07, 6.45) is 3.65. The highest BCUT2D eigenvalue weighted by Gasteiger charge is 2.25. The maximum Gasteiger partial charge on any atom is 0.337 e. The monoisotopic (exact) mass is 340 g/mol. The van der Waals surface area contributed by atoms with Gasteiger partial charge in [0.25, 0.3) is 0 Å². The van der Waals surface area contributed by atoms with Crippen molar-refractivity contribution in [1.29, 1.82) is 0 Å². The smallest absolute Gasteiger partial charge is 0.337 e. The van der Waals surface area contributed by atoms with E-state index < -0.39 is 16.0 Å². The van der Waals surface area contributed by atoms with Crippen molar-refractivity contribution in [2.45, 2.75) is 42.7 Å². The molecule has 3 N–H and O–H groups in total. The number of carboxylic acid groups (broad SMARTS) is 1. The summed E-state index contributed by atoms with van der Waals surface area (Å²) in [7, 11) is -3.75. The number of ether oxygens (including phenoxy) is 1. The Morgan fingerprint density at radius 1 is 1.30 bits per heavy atom. The first-order valence-corrected chi connectivity index (χ1v) is 9.19. The largest absolute Gasteiger partial charge is 0.478 e. The van der Waals surface area contributed by atoms with Crippen molar-refractivity contribution >= 4 is 21.7 Å². The SMILES string of the molecule is O=C(O)c1cc(S(=O)(=O)NCC2CCCO2)ccc1NC1CC1. The Kier molecular flexibility index (Phi) is 4.56. The van der Waals surface area contributed by atoms with E-state index in [1.807, 2.05) is 0 Å². The summed E-state index contributed by atoms with van der Waals surface area (Å²) in [5, 5.41) is 12.4. The second-order valence-electron chi connectivity index (χ2n) is 5.92. The predicted octanol–water partition coefficient (Wildman–Crippen LogP) is 1.42. The quantitative estimate of drug-likeness (QED) is 0.693. The lowest BCUT2D eigenvalue weighted by Crippen LogP contribution is -2.32. The van der Waals surface area contributed by atoms with E-state index >= 15 is 0 Å². The first-order chi connectivity index (χ1) is 11.0. The third kappa shape index (κ3) is 4.01. The van der Waals surface area contributed by atoms with Crippen LogP contribution in [0.5, 0.6) is 0 Å². The molecule has 0 radical (unpaired) electrons. The summed E-state index contributed by atoms with van der Waals surface area (Å²) in [5.41, 5.74) is 0.426. The van der Waals surface area contributed by atoms with Crippen molar-refractivity contribution in [3.8, 4) is 0 Å². The molecule has 1 atom stereocenters. The number of sulfonamides is 1. The summed E-state index contributed by atoms with van der Waals surface area (Å²) >= 11 is 0. The highest BCUT2D eigenvalue weighted by Crippen LogP contribution is 2.28. The molecule has 1 saturated carbocycles. The summed E-state index contributed by atoms with van der Waals surface area (Å²) in [5.74, 6) is -1.15. The predicted molar refractivity (Wildman–Crippen MR) is 84.2 cm³/mol. The van der Waals surface area contributed by atoms with E-state index in [1.54, 1.807) is 0 Å². The molecule has 0 amide bonds. The number of nitrogens with one attached hydrogen (secondary N) is 2. The van der Waals surface area contributed by atoms with Crippen molar-refractivity contribution in [3.05, 3.63) is 23.8 Å². The third-order valence-corrected chi connectivity index (χ3v) is 5.41. The summed E-state index contributed by atoms with van der Waals surface area (Å²) in [6.45, 7) is 0.851. The lowest BCUT2D eigenvalue weighted by atomic mass is 10.2. The molecule has 0 bridgehead atoms. The molecule has 1 unspecified atom stereocenters. The molecule has 7 nitrogen and oxygen atoms in total. The van der Waals surface area contributed by atoms with Crippen LogP contribution in [0.3, 0.4) is 0 Å². The molecule has 2 fully saturated rings. The number of benzene rings is 1. The lowest BCUT2D eigenvalue weighted by Gasteiger charge is -2.13. The number of anilines is 1. The maximum absolute atomic E-state index is 12.3. The molecule has 0 aromatic heterocycles. The van der Waals surface area contributed by atoms with E-state index in [9.17, 15) is 18.3 Å². The van der Waals surface area contributed by atoms with Crippen molar-refractivity contribution < 1.29 is 23.1 Å². The van der Waals surface area contributed by atoms with Crippen molar-refractivity contribution in [1.82, 2.24) is 4.72 Å². The van der Waals surface area contributed by atoms with Crippen molar-refractivity contribution in [2.24, 2.45) is 0 Å². The zero-order valence-corrected chi connectivity index (χ0v) is 13.4. The second kappa shape index (κ2) is 6.46. The van der Waals surface area contributed by atoms with Crippen LogP contribution >= 0.6 is 0 Å². The van der Waals surface area contributed by atoms with Crippen LogP contribution < -0.4 is 10.0 Å². The lowest BCUT2D eigenvalue weighted by molar-refractivity contribution is 0.0697. The minimum absolute atomic E-state index is 0.0307. The number of aromatic carboxylic acids is 1. The fourth-order valence-corrected chi connectivity index (χ4v) is 3.62. The number of hydrogen-bond acceptors (Lipinski definition) is 5. The van der Waals surface area contributed by atoms with Crippen LogP contribution in [0.4, 0.5) is 5.69 Å². The van der Waals surface area contributed by atoms with Crippen LogP contribution in [0.1, 0.15) is 36.0 Å². The first-order valence-electron chi connectivity index (χ1n) is 7.71. The average Bonchev–Trinajstić information content (AvgIpc) is 3.16. The van der Waals surface area contributed by atoms with Crippen LogP contribution in [0.25, 0.3) is 0 Å². The van der Waals surface area contributed by atoms with Crippen molar-refractivity contribution in [2.75, 3.05) is 18.5 Å². The van der Waals surface area contributed by atoms with E-state index in [4.69, 9.17) is 4.74 Å². The zero-order valence-electron chi connectivity index (χ0n) is 12.6. The van der Waals surface area contributed by atoms with E-state index in [0.717, 1.165) is 25.7 Å². The molecule has 2 aliphatic rings. The van der Waals surface area contributed by atoms with Gasteiger partial charge in [-0.3, -0.25) is 0 Å². The number of carboxylic acids is 1. The molecule has 1 heterocycles. The van der Waals surface area contributed by atoms with Crippen LogP contribution in [0.2, 0.25) is 0 Å². The minimum atomic E-state index is -3.75. The highest BCUT2D eigenvalue weighted by molar-refractivity contribution is 7.89. The molecule has 0 spiro atoms. The Morgan fingerprint density at radius 2 is 2.09 bits per heavy atom. The van der Waals surface area contributed by atoms with Gasteiger partial charge in [-0.05, 0) is 43.9 Å². The number of carbonyl (C=O) groups is 1. The van der Waals surface area contributed by atoms with Gasteiger partial charge in [0.1, 0.15) is 0 Å². The van der Waals surface area contributed by atoms with E-state index in [-0.39, 0.29) is 29.1 Å². The van der Waals surface area contributed by atoms with Gasteiger partial charge in [-0.15, -0.1) is 0 Å². The molecule has 126 valence electrons. The van der Waals surface area contributed by atoms with Gasteiger partial charge in [-0.2, -0.15) is 0 Å². The van der Waals surface area contributed by atoms with Gasteiger partial charge in [-0.1, -0.05) is 0 Å². The molecule has 3 rings (SSSR count). The van der Waals surface area contributed by atoms with Crippen molar-refractivity contribution in [3.63, 3.8) is 0 Å². The summed E-state index contributed by atoms with van der Waals surface area (Å²) in [4.78, 5) is 11.3. The molecule has 1 saturated heterocycles. The van der Waals surface area contributed by atoms with Crippen LogP contribution in [0, 0.1) is 0 Å². The Bertz CT molecular complexity index is 694. The Labute approximate surface area is 135 Å². The van der Waals surface area contributed by atoms with Crippen LogP contribution in [-0.4, -0.2) is 44.8 Å². The van der Waals surface area contributed by atoms with Gasteiger partial charge in [0.05, 0.1) is 16.6 Å². The second-order valence-corrected chi connectivity index (χ2v) is 7.69. The Balaban J connectivity index is 1.77. The summed E-state index contributed by atoms with van der Waals surface area (Å²) in [6, 6.07) is 4.43. The van der Waals surface area contributed by atoms with Gasteiger partial charge >= 0.3 is 5.97 Å². The molecule has 1 aliphatic carbocycles. The average molecular weight is 340 g/mol. The van der Waals surface area contributed by atoms with Crippen LogP contribution in [0.15, 0.2) is 23.1 Å². The number of hydrogen-bond donors (Lipinski definition) is 3. The normalized spacial score (nSPS) is 21.3. The van der Waals surface area contributed by atoms with Gasteiger partial charge in [0.15, 0.2) is 0 Å². The molecule has 8 heteroatoms. The minimum Gasteiger partial charge on any atom is -0.478 e. The molecule has 1 aromatic carbocycles. The van der Waals surface area contributed by atoms with Gasteiger partial charge in [-0.25, -0.2) is 17.9 Å². The highest BCUT2D eigenvalue weighted by atomic mass is 32.2. The fourth-order valence-electron chi connectivity index (χ4n) is 2.53.